The molecular weight excluding hydrogens is 320 g/mol. The zero-order valence-corrected chi connectivity index (χ0v) is 12.1. The number of hydrogen-bond donors (Lipinski definition) is 1. The summed E-state index contributed by atoms with van der Waals surface area (Å²) in [5, 5.41) is 2.97. The molecule has 2 rings (SSSR count). The highest BCUT2D eigenvalue weighted by Crippen LogP contribution is 2.28. The van der Waals surface area contributed by atoms with E-state index in [4.69, 9.17) is 0 Å². The SMILES string of the molecule is CNC(Cc1ccc(Br)s1)c1c(F)cccc1F. The molecule has 1 N–H and O–H groups in total. The zero-order valence-electron chi connectivity index (χ0n) is 9.71. The van der Waals surface area contributed by atoms with Crippen LogP contribution in [0.15, 0.2) is 34.1 Å². The summed E-state index contributed by atoms with van der Waals surface area (Å²) in [6.45, 7) is 0. The van der Waals surface area contributed by atoms with Gasteiger partial charge in [0.15, 0.2) is 0 Å². The van der Waals surface area contributed by atoms with Crippen LogP contribution in [0.1, 0.15) is 16.5 Å². The van der Waals surface area contributed by atoms with Gasteiger partial charge in [-0.3, -0.25) is 0 Å². The Morgan fingerprint density at radius 3 is 2.39 bits per heavy atom. The summed E-state index contributed by atoms with van der Waals surface area (Å²) in [7, 11) is 1.71. The molecule has 0 saturated carbocycles. The zero-order chi connectivity index (χ0) is 13.1. The highest BCUT2D eigenvalue weighted by molar-refractivity contribution is 9.11. The number of thiophene rings is 1. The fourth-order valence-electron chi connectivity index (χ4n) is 1.85. The molecule has 0 amide bonds. The Morgan fingerprint density at radius 1 is 1.22 bits per heavy atom. The topological polar surface area (TPSA) is 12.0 Å². The highest BCUT2D eigenvalue weighted by atomic mass is 79.9. The fourth-order valence-corrected chi connectivity index (χ4v) is 3.38. The van der Waals surface area contributed by atoms with Crippen molar-refractivity contribution in [3.63, 3.8) is 0 Å². The van der Waals surface area contributed by atoms with E-state index in [1.807, 2.05) is 12.1 Å². The van der Waals surface area contributed by atoms with Crippen LogP contribution in [-0.2, 0) is 6.42 Å². The summed E-state index contributed by atoms with van der Waals surface area (Å²) in [4.78, 5) is 1.07. The first-order chi connectivity index (χ1) is 8.61. The third-order valence-corrected chi connectivity index (χ3v) is 4.38. The van der Waals surface area contributed by atoms with Crippen molar-refractivity contribution in [3.8, 4) is 0 Å². The average Bonchev–Trinajstić information content (AvgIpc) is 2.73. The van der Waals surface area contributed by atoms with E-state index in [9.17, 15) is 8.78 Å². The Morgan fingerprint density at radius 2 is 1.89 bits per heavy atom. The third kappa shape index (κ3) is 2.96. The van der Waals surface area contributed by atoms with Gasteiger partial charge in [-0.05, 0) is 47.2 Å². The molecule has 5 heteroatoms. The summed E-state index contributed by atoms with van der Waals surface area (Å²) < 4.78 is 28.4. The van der Waals surface area contributed by atoms with Crippen LogP contribution < -0.4 is 5.32 Å². The van der Waals surface area contributed by atoms with Crippen molar-refractivity contribution in [2.24, 2.45) is 0 Å². The van der Waals surface area contributed by atoms with Gasteiger partial charge in [-0.25, -0.2) is 8.78 Å². The van der Waals surface area contributed by atoms with Crippen molar-refractivity contribution < 1.29 is 8.78 Å². The molecule has 2 aromatic rings. The summed E-state index contributed by atoms with van der Waals surface area (Å²) >= 11 is 4.95. The van der Waals surface area contributed by atoms with E-state index in [0.717, 1.165) is 8.66 Å². The van der Waals surface area contributed by atoms with Crippen LogP contribution in [0.4, 0.5) is 8.78 Å². The minimum atomic E-state index is -0.509. The minimum absolute atomic E-state index is 0.101. The van der Waals surface area contributed by atoms with Gasteiger partial charge in [0.1, 0.15) is 11.6 Å². The molecule has 1 atom stereocenters. The molecule has 0 aliphatic rings. The molecule has 0 bridgehead atoms. The molecular formula is C13H12BrF2NS. The smallest absolute Gasteiger partial charge is 0.130 e. The fraction of sp³-hybridized carbons (Fsp3) is 0.231. The molecule has 0 saturated heterocycles. The number of rotatable bonds is 4. The van der Waals surface area contributed by atoms with Crippen LogP contribution in [0.2, 0.25) is 0 Å². The predicted octanol–water partition coefficient (Wildman–Crippen LogP) is 4.29. The number of hydrogen-bond acceptors (Lipinski definition) is 2. The standard InChI is InChI=1S/C13H12BrF2NS/c1-17-11(7-8-5-6-12(14)18-8)13-9(15)3-2-4-10(13)16/h2-6,11,17H,7H2,1H3. The maximum atomic E-state index is 13.7. The summed E-state index contributed by atoms with van der Waals surface area (Å²) in [5.74, 6) is -1.02. The van der Waals surface area contributed by atoms with Gasteiger partial charge < -0.3 is 5.32 Å². The van der Waals surface area contributed by atoms with Crippen molar-refractivity contribution in [3.05, 3.63) is 56.2 Å². The van der Waals surface area contributed by atoms with Crippen molar-refractivity contribution in [2.75, 3.05) is 7.05 Å². The number of halogens is 3. The minimum Gasteiger partial charge on any atom is -0.313 e. The molecule has 0 aliphatic heterocycles. The van der Waals surface area contributed by atoms with Crippen LogP contribution in [0.25, 0.3) is 0 Å². The van der Waals surface area contributed by atoms with Gasteiger partial charge in [0.25, 0.3) is 0 Å². The van der Waals surface area contributed by atoms with Crippen LogP contribution >= 0.6 is 27.3 Å². The summed E-state index contributed by atoms with van der Waals surface area (Å²) in [5.41, 5.74) is 0.101. The number of likely N-dealkylation sites (N-methyl/N-ethyl adjacent to an activating group) is 1. The Kier molecular flexibility index (Phi) is 4.48. The Bertz CT molecular complexity index is 521. The lowest BCUT2D eigenvalue weighted by molar-refractivity contribution is 0.491. The van der Waals surface area contributed by atoms with Crippen molar-refractivity contribution in [1.29, 1.82) is 0 Å². The maximum absolute atomic E-state index is 13.7. The number of nitrogens with one attached hydrogen (secondary N) is 1. The Labute approximate surface area is 117 Å². The van der Waals surface area contributed by atoms with Gasteiger partial charge in [-0.2, -0.15) is 0 Å². The van der Waals surface area contributed by atoms with E-state index in [1.165, 1.54) is 18.2 Å². The van der Waals surface area contributed by atoms with Crippen molar-refractivity contribution >= 4 is 27.3 Å². The lowest BCUT2D eigenvalue weighted by Gasteiger charge is -2.17. The van der Waals surface area contributed by atoms with E-state index in [-0.39, 0.29) is 11.6 Å². The Balaban J connectivity index is 2.28. The first-order valence-electron chi connectivity index (χ1n) is 5.47. The van der Waals surface area contributed by atoms with Crippen LogP contribution in [0.3, 0.4) is 0 Å². The molecule has 0 fully saturated rings. The second-order valence-electron chi connectivity index (χ2n) is 3.89. The van der Waals surface area contributed by atoms with Gasteiger partial charge in [-0.15, -0.1) is 11.3 Å². The monoisotopic (exact) mass is 331 g/mol. The highest BCUT2D eigenvalue weighted by Gasteiger charge is 2.19. The van der Waals surface area contributed by atoms with Crippen LogP contribution in [0.5, 0.6) is 0 Å². The van der Waals surface area contributed by atoms with Gasteiger partial charge in [0.05, 0.1) is 3.79 Å². The van der Waals surface area contributed by atoms with Gasteiger partial charge in [0.2, 0.25) is 0 Å². The predicted molar refractivity (Wildman–Crippen MR) is 73.9 cm³/mol. The first kappa shape index (κ1) is 13.6. The van der Waals surface area contributed by atoms with Gasteiger partial charge in [-0.1, -0.05) is 6.07 Å². The molecule has 1 nitrogen and oxygen atoms in total. The second kappa shape index (κ2) is 5.91. The molecule has 1 unspecified atom stereocenters. The largest absolute Gasteiger partial charge is 0.313 e. The van der Waals surface area contributed by atoms with Crippen LogP contribution in [0, 0.1) is 11.6 Å². The molecule has 1 aromatic carbocycles. The molecule has 0 radical (unpaired) electrons. The van der Waals surface area contributed by atoms with E-state index in [0.29, 0.717) is 6.42 Å². The molecule has 1 aromatic heterocycles. The van der Waals surface area contributed by atoms with Crippen LogP contribution in [-0.4, -0.2) is 7.05 Å². The summed E-state index contributed by atoms with van der Waals surface area (Å²) in [6, 6.07) is 7.47. The average molecular weight is 332 g/mol. The lowest BCUT2D eigenvalue weighted by atomic mass is 10.0. The van der Waals surface area contributed by atoms with E-state index in [2.05, 4.69) is 21.2 Å². The number of benzene rings is 1. The normalized spacial score (nSPS) is 12.7. The molecule has 1 heterocycles. The van der Waals surface area contributed by atoms with Crippen molar-refractivity contribution in [2.45, 2.75) is 12.5 Å². The second-order valence-corrected chi connectivity index (χ2v) is 6.43. The van der Waals surface area contributed by atoms with E-state index < -0.39 is 11.6 Å². The molecule has 96 valence electrons. The quantitative estimate of drug-likeness (QED) is 0.881. The van der Waals surface area contributed by atoms with E-state index >= 15 is 0 Å². The van der Waals surface area contributed by atoms with E-state index in [1.54, 1.807) is 18.4 Å². The first-order valence-corrected chi connectivity index (χ1v) is 7.08. The summed E-state index contributed by atoms with van der Waals surface area (Å²) in [6.07, 6.45) is 0.560. The Hall–Kier alpha value is -0.780. The van der Waals surface area contributed by atoms with Crippen molar-refractivity contribution in [1.82, 2.24) is 5.32 Å². The third-order valence-electron chi connectivity index (χ3n) is 2.73. The molecule has 0 spiro atoms. The lowest BCUT2D eigenvalue weighted by Crippen LogP contribution is -2.21. The van der Waals surface area contributed by atoms with Gasteiger partial charge >= 0.3 is 0 Å². The molecule has 18 heavy (non-hydrogen) atoms. The van der Waals surface area contributed by atoms with Gasteiger partial charge in [0, 0.05) is 22.9 Å². The maximum Gasteiger partial charge on any atom is 0.130 e. The molecule has 0 aliphatic carbocycles.